The monoisotopic (exact) mass is 354 g/mol. The van der Waals surface area contributed by atoms with Crippen LogP contribution in [0.25, 0.3) is 0 Å². The van der Waals surface area contributed by atoms with E-state index in [1.165, 1.54) is 10.4 Å². The van der Waals surface area contributed by atoms with Crippen molar-refractivity contribution >= 4 is 18.7 Å². The fraction of sp³-hybridized carbons (Fsp3) is 0.364. The molecule has 25 heavy (non-hydrogen) atoms. The molecule has 0 aliphatic rings. The van der Waals surface area contributed by atoms with Crippen LogP contribution in [0.3, 0.4) is 0 Å². The van der Waals surface area contributed by atoms with E-state index in [2.05, 4.69) is 87.5 Å². The highest BCUT2D eigenvalue weighted by Crippen LogP contribution is 2.36. The lowest BCUT2D eigenvalue weighted by molar-refractivity contribution is 0.299. The molecule has 0 aromatic heterocycles. The molecule has 0 spiro atoms. The van der Waals surface area contributed by atoms with Gasteiger partial charge in [-0.15, -0.1) is 0 Å². The van der Waals surface area contributed by atoms with Crippen LogP contribution in [0.5, 0.6) is 0 Å². The van der Waals surface area contributed by atoms with Crippen LogP contribution in [0.15, 0.2) is 72.8 Å². The zero-order chi connectivity index (χ0) is 18.2. The third-order valence-corrected chi connectivity index (χ3v) is 9.52. The van der Waals surface area contributed by atoms with E-state index in [0.717, 1.165) is 6.42 Å². The van der Waals surface area contributed by atoms with Gasteiger partial charge in [-0.3, -0.25) is 0 Å². The molecule has 134 valence electrons. The van der Waals surface area contributed by atoms with Gasteiger partial charge in [-0.05, 0) is 28.3 Å². The molecule has 2 aromatic rings. The summed E-state index contributed by atoms with van der Waals surface area (Å²) in [7, 11) is -2.40. The molecule has 0 aliphatic heterocycles. The van der Waals surface area contributed by atoms with E-state index in [1.54, 1.807) is 0 Å². The minimum absolute atomic E-state index is 0.0184. The van der Waals surface area contributed by atoms with Crippen molar-refractivity contribution in [3.8, 4) is 0 Å². The lowest BCUT2D eigenvalue weighted by atomic mass is 10.2. The lowest BCUT2D eigenvalue weighted by Crippen LogP contribution is -2.66. The van der Waals surface area contributed by atoms with Crippen molar-refractivity contribution < 1.29 is 9.53 Å². The van der Waals surface area contributed by atoms with Crippen molar-refractivity contribution in [1.82, 2.24) is 0 Å². The first-order chi connectivity index (χ1) is 12.0. The molecular weight excluding hydrogens is 324 g/mol. The number of aliphatic hydroxyl groups excluding tert-OH is 1. The first kappa shape index (κ1) is 19.6. The van der Waals surface area contributed by atoms with Gasteiger partial charge in [0.25, 0.3) is 8.32 Å². The summed E-state index contributed by atoms with van der Waals surface area (Å²) in [6.07, 6.45) is 5.70. The number of rotatable bonds is 8. The van der Waals surface area contributed by atoms with Crippen molar-refractivity contribution in [2.24, 2.45) is 0 Å². The third kappa shape index (κ3) is 4.69. The number of hydrogen-bond acceptors (Lipinski definition) is 2. The number of benzene rings is 2. The van der Waals surface area contributed by atoms with Gasteiger partial charge in [0.15, 0.2) is 0 Å². The Labute approximate surface area is 153 Å². The second kappa shape index (κ2) is 9.14. The highest BCUT2D eigenvalue weighted by atomic mass is 28.4. The molecule has 2 nitrogen and oxygen atoms in total. The standard InChI is InChI=1S/C22H30O2Si/c1-22(2,3)25(20-14-8-6-9-15-20,21-16-10-7-11-17-21)24-19-13-5-4-12-18-23/h4-11,14-17,23H,12-13,18-19H2,1-3H3/b5-4+. The van der Waals surface area contributed by atoms with E-state index >= 15 is 0 Å². The molecule has 3 heteroatoms. The third-order valence-electron chi connectivity index (χ3n) is 4.48. The summed E-state index contributed by atoms with van der Waals surface area (Å²) in [6.45, 7) is 7.77. The summed E-state index contributed by atoms with van der Waals surface area (Å²) < 4.78 is 6.77. The predicted octanol–water partition coefficient (Wildman–Crippen LogP) is 3.89. The maximum absolute atomic E-state index is 8.88. The zero-order valence-corrected chi connectivity index (χ0v) is 16.6. The minimum atomic E-state index is -2.40. The predicted molar refractivity (Wildman–Crippen MR) is 109 cm³/mol. The maximum atomic E-state index is 8.88. The van der Waals surface area contributed by atoms with E-state index in [4.69, 9.17) is 9.53 Å². The Balaban J connectivity index is 2.39. The Morgan fingerprint density at radius 2 is 1.32 bits per heavy atom. The van der Waals surface area contributed by atoms with Crippen molar-refractivity contribution in [3.63, 3.8) is 0 Å². The van der Waals surface area contributed by atoms with Gasteiger partial charge in [0.05, 0.1) is 0 Å². The maximum Gasteiger partial charge on any atom is 0.261 e. The molecule has 0 radical (unpaired) electrons. The molecule has 0 saturated heterocycles. The largest absolute Gasteiger partial charge is 0.407 e. The molecule has 0 amide bonds. The van der Waals surface area contributed by atoms with Crippen LogP contribution in [0.1, 0.15) is 33.6 Å². The average molecular weight is 355 g/mol. The van der Waals surface area contributed by atoms with Crippen LogP contribution >= 0.6 is 0 Å². The Morgan fingerprint density at radius 3 is 1.76 bits per heavy atom. The molecule has 2 rings (SSSR count). The molecule has 2 aromatic carbocycles. The van der Waals surface area contributed by atoms with Crippen LogP contribution in [0.2, 0.25) is 5.04 Å². The molecule has 0 saturated carbocycles. The molecular formula is C22H30O2Si. The quantitative estimate of drug-likeness (QED) is 0.443. The molecule has 0 heterocycles. The zero-order valence-electron chi connectivity index (χ0n) is 15.6. The lowest BCUT2D eigenvalue weighted by Gasteiger charge is -2.43. The molecule has 0 aliphatic carbocycles. The van der Waals surface area contributed by atoms with E-state index < -0.39 is 8.32 Å². The average Bonchev–Trinajstić information content (AvgIpc) is 2.62. The Hall–Kier alpha value is -1.68. The highest BCUT2D eigenvalue weighted by molar-refractivity contribution is 6.99. The molecule has 0 atom stereocenters. The summed E-state index contributed by atoms with van der Waals surface area (Å²) in [5, 5.41) is 11.5. The van der Waals surface area contributed by atoms with Gasteiger partial charge in [0, 0.05) is 13.2 Å². The van der Waals surface area contributed by atoms with Crippen LogP contribution in [-0.2, 0) is 4.43 Å². The summed E-state index contributed by atoms with van der Waals surface area (Å²) in [6, 6.07) is 21.4. The second-order valence-electron chi connectivity index (χ2n) is 7.28. The van der Waals surface area contributed by atoms with E-state index in [9.17, 15) is 0 Å². The number of hydrogen-bond donors (Lipinski definition) is 1. The molecule has 0 fully saturated rings. The SMILES string of the molecule is CC(C)(C)[Si](OCC/C=C/CCO)(c1ccccc1)c1ccccc1. The normalized spacial score (nSPS) is 12.6. The van der Waals surface area contributed by atoms with Crippen molar-refractivity contribution in [1.29, 1.82) is 0 Å². The molecule has 0 unspecified atom stereocenters. The smallest absolute Gasteiger partial charge is 0.261 e. The first-order valence-corrected chi connectivity index (χ1v) is 10.9. The van der Waals surface area contributed by atoms with E-state index in [0.29, 0.717) is 13.0 Å². The number of aliphatic hydroxyl groups is 1. The summed E-state index contributed by atoms with van der Waals surface area (Å²) in [5.41, 5.74) is 0. The Kier molecular flexibility index (Phi) is 7.18. The van der Waals surface area contributed by atoms with Gasteiger partial charge in [0.1, 0.15) is 0 Å². The van der Waals surface area contributed by atoms with Crippen LogP contribution in [0.4, 0.5) is 0 Å². The van der Waals surface area contributed by atoms with Gasteiger partial charge in [-0.25, -0.2) is 0 Å². The summed E-state index contributed by atoms with van der Waals surface area (Å²) >= 11 is 0. The Morgan fingerprint density at radius 1 is 0.840 bits per heavy atom. The van der Waals surface area contributed by atoms with Crippen LogP contribution in [-0.4, -0.2) is 26.6 Å². The summed E-state index contributed by atoms with van der Waals surface area (Å²) in [5.74, 6) is 0. The molecule has 0 bridgehead atoms. The van der Waals surface area contributed by atoms with Crippen molar-refractivity contribution in [2.75, 3.05) is 13.2 Å². The van der Waals surface area contributed by atoms with Gasteiger partial charge in [-0.1, -0.05) is 93.6 Å². The van der Waals surface area contributed by atoms with E-state index in [-0.39, 0.29) is 11.6 Å². The topological polar surface area (TPSA) is 29.5 Å². The molecule has 1 N–H and O–H groups in total. The first-order valence-electron chi connectivity index (χ1n) is 9.03. The van der Waals surface area contributed by atoms with E-state index in [1.807, 2.05) is 6.08 Å². The van der Waals surface area contributed by atoms with Crippen molar-refractivity contribution in [3.05, 3.63) is 72.8 Å². The second-order valence-corrected chi connectivity index (χ2v) is 11.6. The fourth-order valence-electron chi connectivity index (χ4n) is 3.35. The highest BCUT2D eigenvalue weighted by Gasteiger charge is 2.49. The summed E-state index contributed by atoms with van der Waals surface area (Å²) in [4.78, 5) is 0. The van der Waals surface area contributed by atoms with Crippen LogP contribution < -0.4 is 10.4 Å². The van der Waals surface area contributed by atoms with Crippen LogP contribution in [0, 0.1) is 0 Å². The Bertz CT molecular complexity index is 605. The van der Waals surface area contributed by atoms with Gasteiger partial charge >= 0.3 is 0 Å². The van der Waals surface area contributed by atoms with Gasteiger partial charge in [0.2, 0.25) is 0 Å². The van der Waals surface area contributed by atoms with Crippen molar-refractivity contribution in [2.45, 2.75) is 38.7 Å². The van der Waals surface area contributed by atoms with Gasteiger partial charge < -0.3 is 9.53 Å². The minimum Gasteiger partial charge on any atom is -0.407 e. The van der Waals surface area contributed by atoms with Gasteiger partial charge in [-0.2, -0.15) is 0 Å². The fourth-order valence-corrected chi connectivity index (χ4v) is 7.93.